The molecule has 0 spiro atoms. The Hall–Kier alpha value is -3.35. The number of methoxy groups -OCH3 is 1. The summed E-state index contributed by atoms with van der Waals surface area (Å²) >= 11 is 1.57. The summed E-state index contributed by atoms with van der Waals surface area (Å²) in [6.07, 6.45) is 0.686. The Morgan fingerprint density at radius 1 is 1.14 bits per heavy atom. The third-order valence-corrected chi connectivity index (χ3v) is 8.42. The number of carbonyl (C=O) groups is 4. The maximum Gasteiger partial charge on any atom is 0.305 e. The van der Waals surface area contributed by atoms with Crippen molar-refractivity contribution < 1.29 is 33.8 Å². The number of aliphatic hydroxyl groups is 1. The minimum absolute atomic E-state index is 0.00660. The Kier molecular flexibility index (Phi) is 12.2. The van der Waals surface area contributed by atoms with Gasteiger partial charge in [-0.3, -0.25) is 19.2 Å². The van der Waals surface area contributed by atoms with E-state index in [9.17, 15) is 24.3 Å². The van der Waals surface area contributed by atoms with E-state index in [1.54, 1.807) is 11.3 Å². The Morgan fingerprint density at radius 2 is 1.84 bits per heavy atom. The fourth-order valence-corrected chi connectivity index (χ4v) is 5.77. The molecule has 2 heterocycles. The molecule has 236 valence electrons. The Bertz CT molecular complexity index is 1260. The highest BCUT2D eigenvalue weighted by Crippen LogP contribution is 2.29. The average Bonchev–Trinajstić information content (AvgIpc) is 3.57. The number of likely N-dealkylation sites (tertiary alicyclic amines) is 1. The Labute approximate surface area is 257 Å². The van der Waals surface area contributed by atoms with Gasteiger partial charge in [0.1, 0.15) is 18.7 Å². The molecule has 43 heavy (non-hydrogen) atoms. The van der Waals surface area contributed by atoms with Crippen molar-refractivity contribution in [3.63, 3.8) is 0 Å². The van der Waals surface area contributed by atoms with E-state index in [4.69, 9.17) is 4.74 Å². The monoisotopic (exact) mass is 616 g/mol. The van der Waals surface area contributed by atoms with Crippen molar-refractivity contribution in [3.05, 3.63) is 41.0 Å². The van der Waals surface area contributed by atoms with Crippen molar-refractivity contribution in [1.82, 2.24) is 20.5 Å². The second kappa shape index (κ2) is 15.4. The largest absolute Gasteiger partial charge is 0.469 e. The number of hydrogen-bond acceptors (Lipinski definition) is 9. The summed E-state index contributed by atoms with van der Waals surface area (Å²) in [6, 6.07) is 5.76. The highest BCUT2D eigenvalue weighted by Gasteiger charge is 2.44. The lowest BCUT2D eigenvalue weighted by molar-refractivity contribution is -0.144. The van der Waals surface area contributed by atoms with Gasteiger partial charge >= 0.3 is 5.97 Å². The first kappa shape index (κ1) is 34.1. The molecule has 0 saturated carbocycles. The zero-order chi connectivity index (χ0) is 31.7. The number of nitrogens with zero attached hydrogens (tertiary/aromatic N) is 2. The number of thiazole rings is 1. The smallest absolute Gasteiger partial charge is 0.305 e. The van der Waals surface area contributed by atoms with Crippen molar-refractivity contribution in [2.75, 3.05) is 26.9 Å². The quantitative estimate of drug-likeness (QED) is 0.230. The lowest BCUT2D eigenvalue weighted by Crippen LogP contribution is -2.58. The van der Waals surface area contributed by atoms with Crippen LogP contribution in [-0.2, 0) is 28.7 Å². The first-order valence-corrected chi connectivity index (χ1v) is 15.4. The van der Waals surface area contributed by atoms with Crippen LogP contribution >= 0.6 is 11.3 Å². The van der Waals surface area contributed by atoms with Gasteiger partial charge in [0, 0.05) is 26.0 Å². The van der Waals surface area contributed by atoms with Crippen molar-refractivity contribution in [1.29, 1.82) is 0 Å². The molecule has 3 amide bonds. The van der Waals surface area contributed by atoms with Crippen LogP contribution in [0.1, 0.15) is 70.7 Å². The van der Waals surface area contributed by atoms with Crippen molar-refractivity contribution in [2.45, 2.75) is 84.5 Å². The molecule has 3 rings (SSSR count). The third kappa shape index (κ3) is 9.57. The van der Waals surface area contributed by atoms with Crippen molar-refractivity contribution in [3.8, 4) is 10.4 Å². The number of benzene rings is 1. The molecule has 1 saturated heterocycles. The lowest BCUT2D eigenvalue weighted by atomic mass is 9.85. The van der Waals surface area contributed by atoms with Crippen LogP contribution < -0.4 is 10.6 Å². The number of β-amino-alcohol motifs (C(OH)–C–C–N with tert-alkyl or cyclic N) is 1. The van der Waals surface area contributed by atoms with E-state index in [1.165, 1.54) is 12.0 Å². The van der Waals surface area contributed by atoms with E-state index in [1.807, 2.05) is 64.4 Å². The number of unbranched alkanes of at least 4 members (excludes halogenated alkanes) is 1. The molecule has 1 aliphatic heterocycles. The van der Waals surface area contributed by atoms with Gasteiger partial charge < -0.3 is 30.1 Å². The molecule has 1 aromatic carbocycles. The standard InChI is InChI=1S/C31H44N4O7S/c1-19(21-10-12-22(13-11-21)27-20(2)32-18-43-27)33-29(39)24-15-23(36)16-35(24)30(40)28(31(3,4)5)34-25(37)17-42-14-8-7-9-26(38)41-6/h10-13,18-19,23-24,28,36H,7-9,14-17H2,1-6H3,(H,33,39)(H,34,37)/t19-,23+,24-,28?/m0/s1. The summed E-state index contributed by atoms with van der Waals surface area (Å²) < 4.78 is 10.0. The average molecular weight is 617 g/mol. The summed E-state index contributed by atoms with van der Waals surface area (Å²) in [5.41, 5.74) is 4.06. The van der Waals surface area contributed by atoms with Gasteiger partial charge in [-0.15, -0.1) is 11.3 Å². The van der Waals surface area contributed by atoms with Crippen LogP contribution in [0, 0.1) is 12.3 Å². The number of nitrogens with one attached hydrogen (secondary N) is 2. The second-order valence-electron chi connectivity index (χ2n) is 12.0. The van der Waals surface area contributed by atoms with E-state index < -0.39 is 35.4 Å². The normalized spacial score (nSPS) is 18.2. The van der Waals surface area contributed by atoms with E-state index in [-0.39, 0.29) is 50.5 Å². The predicted molar refractivity (Wildman–Crippen MR) is 163 cm³/mol. The summed E-state index contributed by atoms with van der Waals surface area (Å²) in [5, 5.41) is 16.2. The van der Waals surface area contributed by atoms with Gasteiger partial charge in [0.15, 0.2) is 0 Å². The molecule has 12 heteroatoms. The number of aliphatic hydroxyl groups excluding tert-OH is 1. The highest BCUT2D eigenvalue weighted by atomic mass is 32.1. The first-order valence-electron chi connectivity index (χ1n) is 14.5. The van der Waals surface area contributed by atoms with E-state index in [0.717, 1.165) is 21.7 Å². The second-order valence-corrected chi connectivity index (χ2v) is 12.8. The first-order chi connectivity index (χ1) is 20.3. The predicted octanol–water partition coefficient (Wildman–Crippen LogP) is 3.15. The fraction of sp³-hybridized carbons (Fsp3) is 0.581. The number of aromatic nitrogens is 1. The molecule has 4 atom stereocenters. The zero-order valence-corrected chi connectivity index (χ0v) is 26.7. The number of rotatable bonds is 13. The molecular weight excluding hydrogens is 572 g/mol. The molecule has 0 bridgehead atoms. The Morgan fingerprint density at radius 3 is 2.44 bits per heavy atom. The minimum Gasteiger partial charge on any atom is -0.469 e. The van der Waals surface area contributed by atoms with Crippen LogP contribution in [0.3, 0.4) is 0 Å². The SMILES string of the molecule is COC(=O)CCCCOCC(=O)NC(C(=O)N1C[C@H](O)C[C@H]1C(=O)N[C@@H](C)c1ccc(-c2scnc2C)cc1)C(C)(C)C. The molecule has 1 fully saturated rings. The van der Waals surface area contributed by atoms with Gasteiger partial charge in [-0.05, 0) is 43.2 Å². The number of hydrogen-bond donors (Lipinski definition) is 3. The van der Waals surface area contributed by atoms with Gasteiger partial charge in [-0.1, -0.05) is 45.0 Å². The highest BCUT2D eigenvalue weighted by molar-refractivity contribution is 7.13. The Balaban J connectivity index is 1.60. The van der Waals surface area contributed by atoms with E-state index in [0.29, 0.717) is 12.8 Å². The van der Waals surface area contributed by atoms with Gasteiger partial charge in [0.25, 0.3) is 0 Å². The topological polar surface area (TPSA) is 147 Å². The minimum atomic E-state index is -0.941. The number of aryl methyl sites for hydroxylation is 1. The summed E-state index contributed by atoms with van der Waals surface area (Å²) in [6.45, 7) is 9.34. The molecule has 1 unspecified atom stereocenters. The summed E-state index contributed by atoms with van der Waals surface area (Å²) in [4.78, 5) is 57.8. The van der Waals surface area contributed by atoms with Crippen LogP contribution in [0.2, 0.25) is 0 Å². The molecule has 1 aromatic heterocycles. The van der Waals surface area contributed by atoms with Crippen LogP contribution in [-0.4, -0.2) is 83.7 Å². The molecule has 2 aromatic rings. The molecule has 0 aliphatic carbocycles. The van der Waals surface area contributed by atoms with E-state index >= 15 is 0 Å². The molecule has 3 N–H and O–H groups in total. The molecule has 1 aliphatic rings. The van der Waals surface area contributed by atoms with Crippen molar-refractivity contribution in [2.24, 2.45) is 5.41 Å². The van der Waals surface area contributed by atoms with Crippen LogP contribution in [0.4, 0.5) is 0 Å². The van der Waals surface area contributed by atoms with Gasteiger partial charge in [-0.2, -0.15) is 0 Å². The molecule has 11 nitrogen and oxygen atoms in total. The van der Waals surface area contributed by atoms with Crippen LogP contribution in [0.15, 0.2) is 29.8 Å². The maximum absolute atomic E-state index is 13.8. The van der Waals surface area contributed by atoms with Gasteiger partial charge in [-0.25, -0.2) is 4.98 Å². The molecular formula is C31H44N4O7S. The number of ether oxygens (including phenoxy) is 2. The van der Waals surface area contributed by atoms with Crippen LogP contribution in [0.25, 0.3) is 10.4 Å². The third-order valence-electron chi connectivity index (χ3n) is 7.44. The van der Waals surface area contributed by atoms with Crippen molar-refractivity contribution >= 4 is 35.0 Å². The van der Waals surface area contributed by atoms with Gasteiger partial charge in [0.2, 0.25) is 17.7 Å². The fourth-order valence-electron chi connectivity index (χ4n) is 4.96. The summed E-state index contributed by atoms with van der Waals surface area (Å²) in [5.74, 6) is -1.57. The van der Waals surface area contributed by atoms with E-state index in [2.05, 4.69) is 20.4 Å². The molecule has 0 radical (unpaired) electrons. The maximum atomic E-state index is 13.8. The zero-order valence-electron chi connectivity index (χ0n) is 25.8. The van der Waals surface area contributed by atoms with Gasteiger partial charge in [0.05, 0.1) is 35.3 Å². The summed E-state index contributed by atoms with van der Waals surface area (Å²) in [7, 11) is 1.33. The van der Waals surface area contributed by atoms with Crippen LogP contribution in [0.5, 0.6) is 0 Å². The lowest BCUT2D eigenvalue weighted by Gasteiger charge is -2.35. The number of amides is 3. The number of esters is 1. The number of carbonyl (C=O) groups excluding carboxylic acids is 4.